The van der Waals surface area contributed by atoms with Crippen LogP contribution in [0.3, 0.4) is 0 Å². The van der Waals surface area contributed by atoms with Gasteiger partial charge in [0.05, 0.1) is 33.4 Å². The van der Waals surface area contributed by atoms with Gasteiger partial charge in [-0.3, -0.25) is 19.4 Å². The van der Waals surface area contributed by atoms with E-state index >= 15 is 0 Å². The molecule has 3 heterocycles. The molecule has 4 aromatic rings. The van der Waals surface area contributed by atoms with E-state index in [0.717, 1.165) is 24.0 Å². The van der Waals surface area contributed by atoms with Crippen molar-refractivity contribution in [2.24, 2.45) is 11.7 Å². The Balaban J connectivity index is 1.39. The Morgan fingerprint density at radius 1 is 1.09 bits per heavy atom. The monoisotopic (exact) mass is 610 g/mol. The quantitative estimate of drug-likeness (QED) is 0.259. The Kier molecular flexibility index (Phi) is 8.07. The molecule has 0 radical (unpaired) electrons. The maximum absolute atomic E-state index is 14.1. The number of nitrogens with one attached hydrogen (secondary N) is 1. The summed E-state index contributed by atoms with van der Waals surface area (Å²) in [5.41, 5.74) is 11.5. The fraction of sp³-hybridized carbons (Fsp3) is 0.314. The number of fused-ring (bicyclic) bond motifs is 2. The van der Waals surface area contributed by atoms with Crippen molar-refractivity contribution in [3.05, 3.63) is 111 Å². The number of rotatable bonds is 8. The van der Waals surface area contributed by atoms with Gasteiger partial charge in [-0.25, -0.2) is 4.39 Å². The van der Waals surface area contributed by atoms with Crippen LogP contribution in [0.15, 0.2) is 60.7 Å². The fourth-order valence-electron chi connectivity index (χ4n) is 6.45. The Morgan fingerprint density at radius 3 is 2.57 bits per heavy atom. The van der Waals surface area contributed by atoms with Crippen LogP contribution in [-0.4, -0.2) is 40.7 Å². The Hall–Kier alpha value is -4.37. The average molecular weight is 611 g/mol. The average Bonchev–Trinajstić information content (AvgIpc) is 3.64. The molecule has 0 saturated carbocycles. The van der Waals surface area contributed by atoms with Crippen LogP contribution in [-0.2, 0) is 25.7 Å². The molecule has 226 valence electrons. The molecular formula is C35H35FN4O3S. The number of hydrogen-bond donors (Lipinski definition) is 2. The minimum Gasteiger partial charge on any atom is -0.366 e. The first-order chi connectivity index (χ1) is 21.1. The first kappa shape index (κ1) is 29.7. The standard InChI is InChI=1S/C35H35FN4O3S/c1-19(2)16-26-30(33(37)41)32(28-14-15-29(44-28)34(42)39-25-13-10-21-6-4-5-7-24(21)25)31-27(38-26)18-23(40(3)35(31)43)17-20-8-11-22(36)12-9-20/h4-9,11-12,14-15,19,23,25H,10,13,16-18H2,1-3H3,(H2,37,41)(H,39,42)/t23-,25+/m0/s1. The van der Waals surface area contributed by atoms with E-state index in [0.29, 0.717) is 51.5 Å². The SMILES string of the molecule is CC(C)Cc1nc2c(c(-c3ccc(C(=O)N[C@@H]4CCc5ccccc54)s3)c1C(N)=O)C(=O)N(C)[C@@H](Cc1ccc(F)cc1)C2. The van der Waals surface area contributed by atoms with Gasteiger partial charge in [-0.05, 0) is 72.6 Å². The third-order valence-electron chi connectivity index (χ3n) is 8.60. The molecule has 0 bridgehead atoms. The van der Waals surface area contributed by atoms with Crippen molar-refractivity contribution in [2.75, 3.05) is 7.05 Å². The molecular weight excluding hydrogens is 575 g/mol. The van der Waals surface area contributed by atoms with Crippen molar-refractivity contribution in [1.82, 2.24) is 15.2 Å². The summed E-state index contributed by atoms with van der Waals surface area (Å²) in [7, 11) is 1.74. The van der Waals surface area contributed by atoms with E-state index in [1.807, 2.05) is 26.0 Å². The summed E-state index contributed by atoms with van der Waals surface area (Å²) in [5, 5.41) is 3.17. The summed E-state index contributed by atoms with van der Waals surface area (Å²) in [6.45, 7) is 4.08. The third kappa shape index (κ3) is 5.64. The number of hydrogen-bond acceptors (Lipinski definition) is 5. The highest BCUT2D eigenvalue weighted by molar-refractivity contribution is 7.17. The number of pyridine rings is 1. The van der Waals surface area contributed by atoms with Crippen LogP contribution < -0.4 is 11.1 Å². The minimum atomic E-state index is -0.656. The second-order valence-corrected chi connectivity index (χ2v) is 13.2. The van der Waals surface area contributed by atoms with Gasteiger partial charge in [0, 0.05) is 30.0 Å². The number of thiophene rings is 1. The number of likely N-dealkylation sites (N-methyl/N-ethyl adjacent to an activating group) is 1. The zero-order chi connectivity index (χ0) is 31.1. The fourth-order valence-corrected chi connectivity index (χ4v) is 7.41. The van der Waals surface area contributed by atoms with Gasteiger partial charge in [-0.15, -0.1) is 11.3 Å². The van der Waals surface area contributed by atoms with Crippen LogP contribution in [0.25, 0.3) is 10.4 Å². The van der Waals surface area contributed by atoms with Crippen molar-refractivity contribution in [3.8, 4) is 10.4 Å². The first-order valence-corrected chi connectivity index (χ1v) is 15.8. The third-order valence-corrected chi connectivity index (χ3v) is 9.71. The molecule has 6 rings (SSSR count). The zero-order valence-corrected chi connectivity index (χ0v) is 25.8. The van der Waals surface area contributed by atoms with Crippen molar-refractivity contribution in [2.45, 2.75) is 58.0 Å². The van der Waals surface area contributed by atoms with Crippen LogP contribution in [0.1, 0.15) is 84.8 Å². The summed E-state index contributed by atoms with van der Waals surface area (Å²) >= 11 is 1.24. The number of benzene rings is 2. The molecule has 3 N–H and O–H groups in total. The molecule has 7 nitrogen and oxygen atoms in total. The lowest BCUT2D eigenvalue weighted by Crippen LogP contribution is -2.45. The van der Waals surface area contributed by atoms with Gasteiger partial charge in [-0.1, -0.05) is 50.2 Å². The number of primary amides is 1. The molecule has 0 saturated heterocycles. The number of carbonyl (C=O) groups excluding carboxylic acids is 3. The highest BCUT2D eigenvalue weighted by Gasteiger charge is 2.37. The van der Waals surface area contributed by atoms with Crippen LogP contribution >= 0.6 is 11.3 Å². The molecule has 2 atom stereocenters. The second-order valence-electron chi connectivity index (χ2n) is 12.1. The summed E-state index contributed by atoms with van der Waals surface area (Å²) in [5.74, 6) is -1.25. The zero-order valence-electron chi connectivity index (χ0n) is 25.0. The van der Waals surface area contributed by atoms with Crippen LogP contribution in [0.4, 0.5) is 4.39 Å². The molecule has 2 aromatic carbocycles. The highest BCUT2D eigenvalue weighted by atomic mass is 32.1. The van der Waals surface area contributed by atoms with E-state index in [-0.39, 0.29) is 41.2 Å². The predicted octanol–water partition coefficient (Wildman–Crippen LogP) is 5.90. The Bertz CT molecular complexity index is 1760. The maximum atomic E-state index is 14.1. The number of halogens is 1. The molecule has 44 heavy (non-hydrogen) atoms. The van der Waals surface area contributed by atoms with Gasteiger partial charge in [0.2, 0.25) is 0 Å². The lowest BCUT2D eigenvalue weighted by Gasteiger charge is -2.35. The van der Waals surface area contributed by atoms with Crippen LogP contribution in [0, 0.1) is 11.7 Å². The number of carbonyl (C=O) groups is 3. The summed E-state index contributed by atoms with van der Waals surface area (Å²) in [6, 6.07) is 17.7. The van der Waals surface area contributed by atoms with Crippen LogP contribution in [0.2, 0.25) is 0 Å². The maximum Gasteiger partial charge on any atom is 0.261 e. The molecule has 3 amide bonds. The van der Waals surface area contributed by atoms with Crippen LogP contribution in [0.5, 0.6) is 0 Å². The second kappa shape index (κ2) is 12.0. The van der Waals surface area contributed by atoms with Gasteiger partial charge in [0.15, 0.2) is 0 Å². The molecule has 0 fully saturated rings. The van der Waals surface area contributed by atoms with Gasteiger partial charge in [0.1, 0.15) is 5.82 Å². The lowest BCUT2D eigenvalue weighted by atomic mass is 9.86. The molecule has 2 aliphatic rings. The van der Waals surface area contributed by atoms with Gasteiger partial charge >= 0.3 is 0 Å². The predicted molar refractivity (Wildman–Crippen MR) is 169 cm³/mol. The normalized spacial score (nSPS) is 17.5. The smallest absolute Gasteiger partial charge is 0.261 e. The van der Waals surface area contributed by atoms with E-state index in [1.165, 1.54) is 29.0 Å². The van der Waals surface area contributed by atoms with Gasteiger partial charge in [-0.2, -0.15) is 0 Å². The topological polar surface area (TPSA) is 105 Å². The first-order valence-electron chi connectivity index (χ1n) is 15.0. The number of nitrogens with two attached hydrogens (primary N) is 1. The largest absolute Gasteiger partial charge is 0.366 e. The summed E-state index contributed by atoms with van der Waals surface area (Å²) in [6.07, 6.45) is 3.25. The van der Waals surface area contributed by atoms with E-state index in [9.17, 15) is 18.8 Å². The van der Waals surface area contributed by atoms with Gasteiger partial charge in [0.25, 0.3) is 17.7 Å². The summed E-state index contributed by atoms with van der Waals surface area (Å²) in [4.78, 5) is 48.2. The number of nitrogens with zero attached hydrogens (tertiary/aromatic N) is 2. The van der Waals surface area contributed by atoms with E-state index < -0.39 is 5.91 Å². The highest BCUT2D eigenvalue weighted by Crippen LogP contribution is 2.40. The van der Waals surface area contributed by atoms with Crippen molar-refractivity contribution in [3.63, 3.8) is 0 Å². The number of aromatic nitrogens is 1. The van der Waals surface area contributed by atoms with E-state index in [2.05, 4.69) is 17.4 Å². The molecule has 1 aliphatic heterocycles. The van der Waals surface area contributed by atoms with Gasteiger partial charge < -0.3 is 16.0 Å². The number of amides is 3. The molecule has 0 unspecified atom stereocenters. The Labute approximate surface area is 260 Å². The summed E-state index contributed by atoms with van der Waals surface area (Å²) < 4.78 is 13.5. The van der Waals surface area contributed by atoms with Crippen molar-refractivity contribution in [1.29, 1.82) is 0 Å². The molecule has 0 spiro atoms. The lowest BCUT2D eigenvalue weighted by molar-refractivity contribution is 0.0704. The van der Waals surface area contributed by atoms with Crippen molar-refractivity contribution >= 4 is 29.1 Å². The van der Waals surface area contributed by atoms with Crippen molar-refractivity contribution < 1.29 is 18.8 Å². The Morgan fingerprint density at radius 2 is 1.84 bits per heavy atom. The minimum absolute atomic E-state index is 0.0648. The molecule has 1 aliphatic carbocycles. The van der Waals surface area contributed by atoms with E-state index in [1.54, 1.807) is 36.2 Å². The van der Waals surface area contributed by atoms with E-state index in [4.69, 9.17) is 10.7 Å². The number of aryl methyl sites for hydroxylation is 1. The molecule has 9 heteroatoms. The molecule has 2 aromatic heterocycles.